The lowest BCUT2D eigenvalue weighted by Crippen LogP contribution is -1.91. The number of methoxy groups -OCH3 is 2. The maximum absolute atomic E-state index is 5.65. The fourth-order valence-corrected chi connectivity index (χ4v) is 1.08. The van der Waals surface area contributed by atoms with Crippen LogP contribution < -0.4 is 9.47 Å². The molecule has 0 N–H and O–H groups in total. The highest BCUT2D eigenvalue weighted by molar-refractivity contribution is 5.63. The Morgan fingerprint density at radius 1 is 1.15 bits per heavy atom. The molecule has 0 fully saturated rings. The monoisotopic (exact) mass is 177 g/mol. The number of ether oxygens (including phenoxy) is 2. The van der Waals surface area contributed by atoms with E-state index in [0.29, 0.717) is 11.5 Å². The molecule has 0 amide bonds. The SMILES string of the molecule is [CH]=C(C)c1ccc(OC)c(OC)c1. The van der Waals surface area contributed by atoms with Crippen LogP contribution in [0.3, 0.4) is 0 Å². The van der Waals surface area contributed by atoms with Crippen molar-refractivity contribution in [3.8, 4) is 11.5 Å². The third kappa shape index (κ3) is 2.02. The first-order valence-electron chi connectivity index (χ1n) is 4.00. The summed E-state index contributed by atoms with van der Waals surface area (Å²) in [4.78, 5) is 0. The number of hydrogen-bond donors (Lipinski definition) is 0. The molecule has 1 radical (unpaired) electrons. The third-order valence-corrected chi connectivity index (χ3v) is 1.84. The van der Waals surface area contributed by atoms with Gasteiger partial charge in [-0.1, -0.05) is 12.6 Å². The van der Waals surface area contributed by atoms with Gasteiger partial charge in [-0.15, -0.1) is 0 Å². The maximum atomic E-state index is 5.65. The molecule has 0 atom stereocenters. The molecule has 0 spiro atoms. The highest BCUT2D eigenvalue weighted by Gasteiger charge is 2.03. The number of rotatable bonds is 3. The van der Waals surface area contributed by atoms with Crippen LogP contribution in [0.2, 0.25) is 0 Å². The van der Waals surface area contributed by atoms with Crippen LogP contribution in [-0.2, 0) is 0 Å². The predicted molar refractivity (Wildman–Crippen MR) is 52.9 cm³/mol. The van der Waals surface area contributed by atoms with Crippen LogP contribution in [0.25, 0.3) is 5.57 Å². The van der Waals surface area contributed by atoms with Crippen molar-refractivity contribution in [2.45, 2.75) is 6.92 Å². The van der Waals surface area contributed by atoms with Gasteiger partial charge in [0.25, 0.3) is 0 Å². The standard InChI is InChI=1S/C11H13O2/c1-8(2)9-5-6-10(12-3)11(7-9)13-4/h1,5-7H,2-4H3. The zero-order valence-corrected chi connectivity index (χ0v) is 8.13. The molecule has 0 aliphatic carbocycles. The van der Waals surface area contributed by atoms with Crippen LogP contribution in [-0.4, -0.2) is 14.2 Å². The van der Waals surface area contributed by atoms with E-state index in [1.54, 1.807) is 14.2 Å². The summed E-state index contributed by atoms with van der Waals surface area (Å²) in [6, 6.07) is 5.59. The molecule has 0 bridgehead atoms. The van der Waals surface area contributed by atoms with E-state index in [0.717, 1.165) is 11.1 Å². The molecule has 0 aromatic heterocycles. The normalized spacial score (nSPS) is 9.46. The number of allylic oxidation sites excluding steroid dienone is 1. The Kier molecular flexibility index (Phi) is 2.96. The minimum absolute atomic E-state index is 0.699. The summed E-state index contributed by atoms with van der Waals surface area (Å²) in [5.41, 5.74) is 1.72. The lowest BCUT2D eigenvalue weighted by molar-refractivity contribution is 0.355. The summed E-state index contributed by atoms with van der Waals surface area (Å²) in [7, 11) is 3.21. The van der Waals surface area contributed by atoms with Crippen molar-refractivity contribution >= 4 is 5.57 Å². The van der Waals surface area contributed by atoms with Gasteiger partial charge in [0.15, 0.2) is 11.5 Å². The van der Waals surface area contributed by atoms with Crippen molar-refractivity contribution in [2.75, 3.05) is 14.2 Å². The smallest absolute Gasteiger partial charge is 0.161 e. The summed E-state index contributed by atoms with van der Waals surface area (Å²) < 4.78 is 10.2. The molecule has 1 aromatic carbocycles. The van der Waals surface area contributed by atoms with Crippen LogP contribution in [0.15, 0.2) is 18.2 Å². The zero-order chi connectivity index (χ0) is 9.84. The fraction of sp³-hybridized carbons (Fsp3) is 0.273. The number of hydrogen-bond acceptors (Lipinski definition) is 2. The van der Waals surface area contributed by atoms with Gasteiger partial charge in [0.05, 0.1) is 14.2 Å². The van der Waals surface area contributed by atoms with Crippen LogP contribution in [0.1, 0.15) is 12.5 Å². The molecule has 0 unspecified atom stereocenters. The van der Waals surface area contributed by atoms with Gasteiger partial charge in [-0.25, -0.2) is 0 Å². The molecule has 1 rings (SSSR count). The minimum Gasteiger partial charge on any atom is -0.493 e. The maximum Gasteiger partial charge on any atom is 0.161 e. The van der Waals surface area contributed by atoms with Gasteiger partial charge in [-0.3, -0.25) is 0 Å². The summed E-state index contributed by atoms with van der Waals surface area (Å²) in [6.07, 6.45) is 0. The molecule has 0 heterocycles. The molecule has 2 heteroatoms. The van der Waals surface area contributed by atoms with Crippen LogP contribution in [0, 0.1) is 6.58 Å². The van der Waals surface area contributed by atoms with Crippen LogP contribution >= 0.6 is 0 Å². The van der Waals surface area contributed by atoms with Crippen LogP contribution in [0.4, 0.5) is 0 Å². The summed E-state index contributed by atoms with van der Waals surface area (Å²) >= 11 is 0. The van der Waals surface area contributed by atoms with Gasteiger partial charge in [-0.2, -0.15) is 0 Å². The molecule has 2 nitrogen and oxygen atoms in total. The second kappa shape index (κ2) is 3.99. The predicted octanol–water partition coefficient (Wildman–Crippen LogP) is 2.54. The highest BCUT2D eigenvalue weighted by atomic mass is 16.5. The van der Waals surface area contributed by atoms with Crippen molar-refractivity contribution in [2.24, 2.45) is 0 Å². The number of benzene rings is 1. The van der Waals surface area contributed by atoms with Crippen LogP contribution in [0.5, 0.6) is 11.5 Å². The second-order valence-electron chi connectivity index (χ2n) is 2.75. The molecular formula is C11H13O2. The zero-order valence-electron chi connectivity index (χ0n) is 8.13. The van der Waals surface area contributed by atoms with Gasteiger partial charge >= 0.3 is 0 Å². The van der Waals surface area contributed by atoms with E-state index >= 15 is 0 Å². The highest BCUT2D eigenvalue weighted by Crippen LogP contribution is 2.29. The van der Waals surface area contributed by atoms with Gasteiger partial charge in [0.2, 0.25) is 0 Å². The largest absolute Gasteiger partial charge is 0.493 e. The molecule has 13 heavy (non-hydrogen) atoms. The van der Waals surface area contributed by atoms with Gasteiger partial charge in [0, 0.05) is 0 Å². The summed E-state index contributed by atoms with van der Waals surface area (Å²) in [5.74, 6) is 1.41. The first kappa shape index (κ1) is 9.65. The van der Waals surface area contributed by atoms with E-state index in [1.807, 2.05) is 25.1 Å². The summed E-state index contributed by atoms with van der Waals surface area (Å²) in [5, 5.41) is 0. The molecule has 0 saturated carbocycles. The lowest BCUT2D eigenvalue weighted by atomic mass is 10.1. The van der Waals surface area contributed by atoms with Gasteiger partial charge in [0.1, 0.15) is 0 Å². The van der Waals surface area contributed by atoms with E-state index in [9.17, 15) is 0 Å². The Balaban J connectivity index is 3.13. The second-order valence-corrected chi connectivity index (χ2v) is 2.75. The van der Waals surface area contributed by atoms with Crippen molar-refractivity contribution in [1.29, 1.82) is 0 Å². The third-order valence-electron chi connectivity index (χ3n) is 1.84. The molecular weight excluding hydrogens is 164 g/mol. The van der Waals surface area contributed by atoms with E-state index in [-0.39, 0.29) is 0 Å². The molecule has 1 aromatic rings. The van der Waals surface area contributed by atoms with E-state index in [2.05, 4.69) is 0 Å². The Labute approximate surface area is 78.8 Å². The van der Waals surface area contributed by atoms with Crippen molar-refractivity contribution in [3.63, 3.8) is 0 Å². The fourth-order valence-electron chi connectivity index (χ4n) is 1.08. The van der Waals surface area contributed by atoms with E-state index in [4.69, 9.17) is 16.1 Å². The molecule has 0 aliphatic rings. The molecule has 0 aliphatic heterocycles. The quantitative estimate of drug-likeness (QED) is 0.706. The lowest BCUT2D eigenvalue weighted by Gasteiger charge is -2.08. The topological polar surface area (TPSA) is 18.5 Å². The first-order valence-corrected chi connectivity index (χ1v) is 4.00. The molecule has 0 saturated heterocycles. The van der Waals surface area contributed by atoms with Crippen molar-refractivity contribution in [1.82, 2.24) is 0 Å². The average Bonchev–Trinajstić information content (AvgIpc) is 2.16. The first-order chi connectivity index (χ1) is 6.19. The van der Waals surface area contributed by atoms with Gasteiger partial charge in [-0.05, 0) is 30.2 Å². The van der Waals surface area contributed by atoms with Gasteiger partial charge < -0.3 is 9.47 Å². The van der Waals surface area contributed by atoms with Crippen molar-refractivity contribution in [3.05, 3.63) is 30.3 Å². The Morgan fingerprint density at radius 3 is 2.23 bits per heavy atom. The minimum atomic E-state index is 0.699. The van der Waals surface area contributed by atoms with E-state index in [1.165, 1.54) is 0 Å². The Bertz CT molecular complexity index is 316. The average molecular weight is 177 g/mol. The summed E-state index contributed by atoms with van der Waals surface area (Å²) in [6.45, 7) is 7.50. The Morgan fingerprint density at radius 2 is 1.77 bits per heavy atom. The van der Waals surface area contributed by atoms with Crippen molar-refractivity contribution < 1.29 is 9.47 Å². The Hall–Kier alpha value is -1.44. The van der Waals surface area contributed by atoms with E-state index < -0.39 is 0 Å². The molecule has 69 valence electrons.